The molecule has 1 heterocycles. The quantitative estimate of drug-likeness (QED) is 0.620. The van der Waals surface area contributed by atoms with Crippen molar-refractivity contribution in [3.63, 3.8) is 0 Å². The molecule has 1 aliphatic heterocycles. The second kappa shape index (κ2) is 3.00. The van der Waals surface area contributed by atoms with E-state index in [9.17, 15) is 5.11 Å². The fourth-order valence-electron chi connectivity index (χ4n) is 2.50. The van der Waals surface area contributed by atoms with Crippen molar-refractivity contribution < 1.29 is 5.11 Å². The molecular weight excluding hydrogens is 150 g/mol. The highest BCUT2D eigenvalue weighted by molar-refractivity contribution is 5.01. The minimum atomic E-state index is -0.114. The summed E-state index contributed by atoms with van der Waals surface area (Å²) in [4.78, 5) is 0. The van der Waals surface area contributed by atoms with Gasteiger partial charge in [-0.25, -0.2) is 0 Å². The summed E-state index contributed by atoms with van der Waals surface area (Å²) >= 11 is 0. The number of piperidine rings is 1. The van der Waals surface area contributed by atoms with Gasteiger partial charge in [-0.15, -0.1) is 0 Å². The summed E-state index contributed by atoms with van der Waals surface area (Å²) in [5.74, 6) is 0.729. The Morgan fingerprint density at radius 1 is 1.25 bits per heavy atom. The Balaban J connectivity index is 2.04. The van der Waals surface area contributed by atoms with Gasteiger partial charge in [-0.1, -0.05) is 6.42 Å². The van der Waals surface area contributed by atoms with Crippen LogP contribution in [0.15, 0.2) is 0 Å². The molecule has 2 unspecified atom stereocenters. The Bertz CT molecular complexity index is 163. The first-order valence-corrected chi connectivity index (χ1v) is 5.16. The normalized spacial score (nSPS) is 44.0. The Hall–Kier alpha value is -0.0800. The van der Waals surface area contributed by atoms with Crippen LogP contribution in [0.5, 0.6) is 0 Å². The molecule has 0 amide bonds. The number of aliphatic hydroxyl groups is 1. The van der Waals surface area contributed by atoms with E-state index in [1.807, 2.05) is 0 Å². The Kier molecular flexibility index (Phi) is 2.13. The van der Waals surface area contributed by atoms with Crippen LogP contribution in [0.1, 0.15) is 39.0 Å². The van der Waals surface area contributed by atoms with Gasteiger partial charge >= 0.3 is 0 Å². The second-order valence-corrected chi connectivity index (χ2v) is 4.50. The Morgan fingerprint density at radius 2 is 2.00 bits per heavy atom. The van der Waals surface area contributed by atoms with Crippen molar-refractivity contribution in [2.24, 2.45) is 5.92 Å². The fraction of sp³-hybridized carbons (Fsp3) is 1.00. The van der Waals surface area contributed by atoms with Crippen LogP contribution in [0, 0.1) is 5.92 Å². The third kappa shape index (κ3) is 1.17. The molecule has 2 aliphatic rings. The number of aliphatic hydroxyl groups excluding tert-OH is 1. The maximum absolute atomic E-state index is 9.90. The third-order valence-electron chi connectivity index (χ3n) is 3.81. The van der Waals surface area contributed by atoms with Crippen LogP contribution < -0.4 is 5.32 Å². The molecule has 2 heteroatoms. The van der Waals surface area contributed by atoms with Crippen LogP contribution in [0.4, 0.5) is 0 Å². The second-order valence-electron chi connectivity index (χ2n) is 4.50. The van der Waals surface area contributed by atoms with Gasteiger partial charge < -0.3 is 10.4 Å². The van der Waals surface area contributed by atoms with Gasteiger partial charge in [-0.05, 0) is 45.1 Å². The SMILES string of the molecule is CC1(C2CCC2)NCCCC1O. The smallest absolute Gasteiger partial charge is 0.0722 e. The molecule has 0 spiro atoms. The van der Waals surface area contributed by atoms with Gasteiger partial charge in [0.05, 0.1) is 6.10 Å². The monoisotopic (exact) mass is 169 g/mol. The topological polar surface area (TPSA) is 32.3 Å². The van der Waals surface area contributed by atoms with E-state index in [4.69, 9.17) is 0 Å². The third-order valence-corrected chi connectivity index (χ3v) is 3.81. The maximum Gasteiger partial charge on any atom is 0.0722 e. The first-order chi connectivity index (χ1) is 5.73. The van der Waals surface area contributed by atoms with E-state index in [0.717, 1.165) is 25.3 Å². The minimum absolute atomic E-state index is 0.0382. The largest absolute Gasteiger partial charge is 0.391 e. The molecule has 2 N–H and O–H groups in total. The lowest BCUT2D eigenvalue weighted by atomic mass is 9.67. The predicted molar refractivity (Wildman–Crippen MR) is 49.0 cm³/mol. The molecule has 1 saturated carbocycles. The van der Waals surface area contributed by atoms with Gasteiger partial charge in [0.15, 0.2) is 0 Å². The van der Waals surface area contributed by atoms with Gasteiger partial charge in [-0.2, -0.15) is 0 Å². The van der Waals surface area contributed by atoms with Gasteiger partial charge in [0, 0.05) is 5.54 Å². The molecule has 2 nitrogen and oxygen atoms in total. The summed E-state index contributed by atoms with van der Waals surface area (Å²) in [5, 5.41) is 13.4. The molecule has 2 atom stereocenters. The molecule has 2 fully saturated rings. The van der Waals surface area contributed by atoms with Crippen LogP contribution in [0.25, 0.3) is 0 Å². The van der Waals surface area contributed by atoms with Crippen molar-refractivity contribution in [1.29, 1.82) is 0 Å². The van der Waals surface area contributed by atoms with E-state index in [1.54, 1.807) is 0 Å². The van der Waals surface area contributed by atoms with Crippen molar-refractivity contribution in [3.05, 3.63) is 0 Å². The van der Waals surface area contributed by atoms with Crippen molar-refractivity contribution in [2.45, 2.75) is 50.7 Å². The van der Waals surface area contributed by atoms with Crippen LogP contribution in [-0.4, -0.2) is 23.3 Å². The maximum atomic E-state index is 9.90. The number of hydrogen-bond acceptors (Lipinski definition) is 2. The average Bonchev–Trinajstić information content (AvgIpc) is 1.92. The number of nitrogens with one attached hydrogen (secondary N) is 1. The highest BCUT2D eigenvalue weighted by atomic mass is 16.3. The molecule has 0 aromatic heterocycles. The molecule has 0 radical (unpaired) electrons. The van der Waals surface area contributed by atoms with Crippen molar-refractivity contribution in [1.82, 2.24) is 5.32 Å². The highest BCUT2D eigenvalue weighted by Crippen LogP contribution is 2.40. The van der Waals surface area contributed by atoms with Crippen molar-refractivity contribution >= 4 is 0 Å². The lowest BCUT2D eigenvalue weighted by molar-refractivity contribution is -0.0190. The minimum Gasteiger partial charge on any atom is -0.391 e. The van der Waals surface area contributed by atoms with Gasteiger partial charge in [0.2, 0.25) is 0 Å². The van der Waals surface area contributed by atoms with Gasteiger partial charge in [0.25, 0.3) is 0 Å². The van der Waals surface area contributed by atoms with Crippen molar-refractivity contribution in [3.8, 4) is 0 Å². The first-order valence-electron chi connectivity index (χ1n) is 5.16. The van der Waals surface area contributed by atoms with E-state index < -0.39 is 0 Å². The average molecular weight is 169 g/mol. The van der Waals surface area contributed by atoms with E-state index in [2.05, 4.69) is 12.2 Å². The van der Waals surface area contributed by atoms with E-state index in [1.165, 1.54) is 19.3 Å². The molecule has 70 valence electrons. The van der Waals surface area contributed by atoms with Crippen LogP contribution >= 0.6 is 0 Å². The zero-order chi connectivity index (χ0) is 8.60. The number of hydrogen-bond donors (Lipinski definition) is 2. The first kappa shape index (κ1) is 8.52. The van der Waals surface area contributed by atoms with Gasteiger partial charge in [-0.3, -0.25) is 0 Å². The molecule has 0 aromatic carbocycles. The molecule has 1 saturated heterocycles. The molecular formula is C10H19NO. The van der Waals surface area contributed by atoms with E-state index in [0.29, 0.717) is 0 Å². The standard InChI is InChI=1S/C10H19NO/c1-10(8-4-2-5-8)9(12)6-3-7-11-10/h8-9,11-12H,2-7H2,1H3. The molecule has 0 aromatic rings. The van der Waals surface area contributed by atoms with Crippen LogP contribution in [0.3, 0.4) is 0 Å². The van der Waals surface area contributed by atoms with E-state index in [-0.39, 0.29) is 11.6 Å². The van der Waals surface area contributed by atoms with Crippen molar-refractivity contribution in [2.75, 3.05) is 6.54 Å². The summed E-state index contributed by atoms with van der Waals surface area (Å²) < 4.78 is 0. The number of rotatable bonds is 1. The summed E-state index contributed by atoms with van der Waals surface area (Å²) in [5.41, 5.74) is 0.0382. The van der Waals surface area contributed by atoms with Gasteiger partial charge in [0.1, 0.15) is 0 Å². The molecule has 12 heavy (non-hydrogen) atoms. The molecule has 2 rings (SSSR count). The lowest BCUT2D eigenvalue weighted by Gasteiger charge is -2.49. The Labute approximate surface area is 74.4 Å². The predicted octanol–water partition coefficient (Wildman–Crippen LogP) is 1.29. The van der Waals surface area contributed by atoms with E-state index >= 15 is 0 Å². The zero-order valence-corrected chi connectivity index (χ0v) is 7.84. The lowest BCUT2D eigenvalue weighted by Crippen LogP contribution is -2.61. The zero-order valence-electron chi connectivity index (χ0n) is 7.84. The highest BCUT2D eigenvalue weighted by Gasteiger charge is 2.44. The summed E-state index contributed by atoms with van der Waals surface area (Å²) in [7, 11) is 0. The summed E-state index contributed by atoms with van der Waals surface area (Å²) in [6.07, 6.45) is 5.97. The molecule has 0 bridgehead atoms. The molecule has 1 aliphatic carbocycles. The van der Waals surface area contributed by atoms with Crippen LogP contribution in [-0.2, 0) is 0 Å². The Morgan fingerprint density at radius 3 is 2.50 bits per heavy atom. The van der Waals surface area contributed by atoms with Crippen LogP contribution in [0.2, 0.25) is 0 Å². The fourth-order valence-corrected chi connectivity index (χ4v) is 2.50. The summed E-state index contributed by atoms with van der Waals surface area (Å²) in [6.45, 7) is 3.28. The summed E-state index contributed by atoms with van der Waals surface area (Å²) in [6, 6.07) is 0.